The molecule has 1 saturated heterocycles. The lowest BCUT2D eigenvalue weighted by Crippen LogP contribution is -2.30. The topological polar surface area (TPSA) is 75.2 Å². The van der Waals surface area contributed by atoms with Gasteiger partial charge in [0.2, 0.25) is 0 Å². The van der Waals surface area contributed by atoms with Crippen molar-refractivity contribution in [2.24, 2.45) is 0 Å². The first-order valence-electron chi connectivity index (χ1n) is 6.90. The summed E-state index contributed by atoms with van der Waals surface area (Å²) in [5, 5.41) is 2.46. The fourth-order valence-corrected chi connectivity index (χ4v) is 2.33. The van der Waals surface area contributed by atoms with Crippen molar-refractivity contribution in [2.75, 3.05) is 0 Å². The fraction of sp³-hybridized carbons (Fsp3) is 0.200. The summed E-state index contributed by atoms with van der Waals surface area (Å²) in [6.07, 6.45) is -1.68. The van der Waals surface area contributed by atoms with Gasteiger partial charge in [-0.3, -0.25) is 9.69 Å². The number of rotatable bonds is 3. The van der Waals surface area contributed by atoms with E-state index in [0.29, 0.717) is 5.69 Å². The molecule has 0 saturated carbocycles. The highest BCUT2D eigenvalue weighted by Gasteiger charge is 2.39. The summed E-state index contributed by atoms with van der Waals surface area (Å²) < 4.78 is 37.7. The van der Waals surface area contributed by atoms with Gasteiger partial charge in [0.05, 0.1) is 17.8 Å². The molecule has 0 aliphatic carbocycles. The van der Waals surface area contributed by atoms with E-state index in [2.05, 4.69) is 15.3 Å². The normalized spacial score (nSPS) is 18.0. The van der Waals surface area contributed by atoms with Crippen LogP contribution in [-0.2, 0) is 17.5 Å². The molecule has 1 atom stereocenters. The van der Waals surface area contributed by atoms with Crippen molar-refractivity contribution in [1.82, 2.24) is 20.2 Å². The molecule has 1 fully saturated rings. The van der Waals surface area contributed by atoms with Gasteiger partial charge in [-0.15, -0.1) is 0 Å². The molecule has 9 heteroatoms. The van der Waals surface area contributed by atoms with Gasteiger partial charge >= 0.3 is 12.2 Å². The Bertz CT molecular complexity index is 763. The summed E-state index contributed by atoms with van der Waals surface area (Å²) in [5.41, 5.74) is -0.0611. The molecule has 1 unspecified atom stereocenters. The zero-order chi connectivity index (χ0) is 17.3. The summed E-state index contributed by atoms with van der Waals surface area (Å²) in [4.78, 5) is 33.0. The van der Waals surface area contributed by atoms with E-state index in [4.69, 9.17) is 0 Å². The van der Waals surface area contributed by atoms with Crippen LogP contribution in [0, 0.1) is 0 Å². The Morgan fingerprint density at radius 1 is 1.12 bits per heavy atom. The van der Waals surface area contributed by atoms with E-state index in [1.54, 1.807) is 6.07 Å². The predicted octanol–water partition coefficient (Wildman–Crippen LogP) is 2.29. The van der Waals surface area contributed by atoms with Crippen LogP contribution < -0.4 is 5.32 Å². The molecule has 1 aromatic carbocycles. The van der Waals surface area contributed by atoms with E-state index >= 15 is 0 Å². The molecule has 0 radical (unpaired) electrons. The van der Waals surface area contributed by atoms with Crippen LogP contribution in [0.4, 0.5) is 18.0 Å². The van der Waals surface area contributed by atoms with Gasteiger partial charge in [-0.25, -0.2) is 14.8 Å². The number of carbonyl (C=O) groups is 2. The third kappa shape index (κ3) is 3.05. The van der Waals surface area contributed by atoms with Gasteiger partial charge in [0.15, 0.2) is 0 Å². The number of carbonyl (C=O) groups excluding carboxylic acids is 2. The number of benzene rings is 1. The van der Waals surface area contributed by atoms with Gasteiger partial charge in [-0.05, 0) is 23.8 Å². The van der Waals surface area contributed by atoms with E-state index in [-0.39, 0.29) is 12.1 Å². The maximum atomic E-state index is 12.6. The van der Waals surface area contributed by atoms with E-state index in [9.17, 15) is 22.8 Å². The van der Waals surface area contributed by atoms with Crippen molar-refractivity contribution in [2.45, 2.75) is 18.8 Å². The summed E-state index contributed by atoms with van der Waals surface area (Å²) in [7, 11) is 0. The zero-order valence-corrected chi connectivity index (χ0v) is 12.1. The van der Waals surface area contributed by atoms with Gasteiger partial charge < -0.3 is 5.32 Å². The number of amides is 3. The lowest BCUT2D eigenvalue weighted by Gasteiger charge is -2.13. The van der Waals surface area contributed by atoms with Crippen molar-refractivity contribution in [3.8, 4) is 0 Å². The molecule has 0 spiro atoms. The van der Waals surface area contributed by atoms with Crippen molar-refractivity contribution in [3.63, 3.8) is 0 Å². The molecule has 1 aliphatic rings. The fourth-order valence-electron chi connectivity index (χ4n) is 2.33. The molecular weight excluding hydrogens is 325 g/mol. The standard InChI is InChI=1S/C15H11F3N4O2/c16-15(17,18)10-3-1-9(2-4-10)12-13(23)22(14(24)21-12)7-11-5-6-19-8-20-11/h1-6,8,12H,7H2,(H,21,24). The van der Waals surface area contributed by atoms with Crippen LogP contribution in [0.5, 0.6) is 0 Å². The van der Waals surface area contributed by atoms with Gasteiger partial charge in [0.1, 0.15) is 12.4 Å². The quantitative estimate of drug-likeness (QED) is 0.873. The second kappa shape index (κ2) is 5.91. The van der Waals surface area contributed by atoms with Crippen LogP contribution in [-0.4, -0.2) is 26.8 Å². The average Bonchev–Trinajstić information content (AvgIpc) is 2.83. The Labute approximate surface area is 134 Å². The molecule has 24 heavy (non-hydrogen) atoms. The van der Waals surface area contributed by atoms with Gasteiger partial charge in [0, 0.05) is 6.20 Å². The summed E-state index contributed by atoms with van der Waals surface area (Å²) in [6, 6.07) is 4.04. The van der Waals surface area contributed by atoms with Crippen molar-refractivity contribution >= 4 is 11.9 Å². The number of imide groups is 1. The van der Waals surface area contributed by atoms with Crippen LogP contribution in [0.3, 0.4) is 0 Å². The highest BCUT2D eigenvalue weighted by molar-refractivity contribution is 6.04. The van der Waals surface area contributed by atoms with Crippen LogP contribution in [0.15, 0.2) is 42.9 Å². The number of halogens is 3. The van der Waals surface area contributed by atoms with Gasteiger partial charge in [0.25, 0.3) is 5.91 Å². The molecule has 2 aromatic rings. The molecule has 1 aliphatic heterocycles. The maximum Gasteiger partial charge on any atom is 0.416 e. The Morgan fingerprint density at radius 2 is 1.83 bits per heavy atom. The number of urea groups is 1. The molecule has 1 aromatic heterocycles. The lowest BCUT2D eigenvalue weighted by atomic mass is 10.0. The minimum absolute atomic E-state index is 0.0374. The van der Waals surface area contributed by atoms with Crippen molar-refractivity contribution < 1.29 is 22.8 Å². The third-order valence-corrected chi connectivity index (χ3v) is 3.56. The van der Waals surface area contributed by atoms with Crippen LogP contribution in [0.1, 0.15) is 22.9 Å². The maximum absolute atomic E-state index is 12.6. The van der Waals surface area contributed by atoms with E-state index < -0.39 is 29.7 Å². The number of hydrogen-bond acceptors (Lipinski definition) is 4. The molecule has 1 N–H and O–H groups in total. The second-order valence-electron chi connectivity index (χ2n) is 5.13. The Morgan fingerprint density at radius 3 is 2.42 bits per heavy atom. The third-order valence-electron chi connectivity index (χ3n) is 3.56. The molecule has 3 amide bonds. The molecule has 124 valence electrons. The first kappa shape index (κ1) is 15.9. The minimum atomic E-state index is -4.46. The number of aromatic nitrogens is 2. The number of nitrogens with one attached hydrogen (secondary N) is 1. The molecule has 6 nitrogen and oxygen atoms in total. The van der Waals surface area contributed by atoms with Crippen LogP contribution in [0.2, 0.25) is 0 Å². The van der Waals surface area contributed by atoms with E-state index in [1.165, 1.54) is 24.7 Å². The summed E-state index contributed by atoms with van der Waals surface area (Å²) in [5.74, 6) is -0.543. The molecule has 2 heterocycles. The van der Waals surface area contributed by atoms with E-state index in [1.807, 2.05) is 0 Å². The Balaban J connectivity index is 1.78. The minimum Gasteiger partial charge on any atom is -0.322 e. The monoisotopic (exact) mass is 336 g/mol. The zero-order valence-electron chi connectivity index (χ0n) is 12.1. The largest absolute Gasteiger partial charge is 0.416 e. The first-order chi connectivity index (χ1) is 11.4. The Hall–Kier alpha value is -2.97. The van der Waals surface area contributed by atoms with Crippen LogP contribution >= 0.6 is 0 Å². The van der Waals surface area contributed by atoms with Gasteiger partial charge in [-0.1, -0.05) is 12.1 Å². The van der Waals surface area contributed by atoms with E-state index in [0.717, 1.165) is 17.0 Å². The number of hydrogen-bond donors (Lipinski definition) is 1. The second-order valence-corrected chi connectivity index (χ2v) is 5.13. The first-order valence-corrected chi connectivity index (χ1v) is 6.90. The van der Waals surface area contributed by atoms with Gasteiger partial charge in [-0.2, -0.15) is 13.2 Å². The number of nitrogens with zero attached hydrogens (tertiary/aromatic N) is 3. The van der Waals surface area contributed by atoms with Crippen molar-refractivity contribution in [3.05, 3.63) is 59.7 Å². The Kier molecular flexibility index (Phi) is 3.92. The molecular formula is C15H11F3N4O2. The number of alkyl halides is 3. The highest BCUT2D eigenvalue weighted by atomic mass is 19.4. The summed E-state index contributed by atoms with van der Waals surface area (Å²) >= 11 is 0. The lowest BCUT2D eigenvalue weighted by molar-refractivity contribution is -0.137. The predicted molar refractivity (Wildman–Crippen MR) is 75.3 cm³/mol. The summed E-state index contributed by atoms with van der Waals surface area (Å²) in [6.45, 7) is -0.0374. The molecule has 3 rings (SSSR count). The molecule has 0 bridgehead atoms. The average molecular weight is 336 g/mol. The highest BCUT2D eigenvalue weighted by Crippen LogP contribution is 2.31. The van der Waals surface area contributed by atoms with Crippen LogP contribution in [0.25, 0.3) is 0 Å². The SMILES string of the molecule is O=C1NC(c2ccc(C(F)(F)F)cc2)C(=O)N1Cc1ccncn1. The van der Waals surface area contributed by atoms with Crippen molar-refractivity contribution in [1.29, 1.82) is 0 Å². The smallest absolute Gasteiger partial charge is 0.322 e.